The molecule has 78 valence electrons. The van der Waals surface area contributed by atoms with Gasteiger partial charge in [0.2, 0.25) is 0 Å². The first kappa shape index (κ1) is 10.7. The molecule has 1 heterocycles. The maximum absolute atomic E-state index is 11.5. The van der Waals surface area contributed by atoms with Gasteiger partial charge >= 0.3 is 5.97 Å². The number of carbonyl (C=O) groups excluding carboxylic acids is 3. The highest BCUT2D eigenvalue weighted by molar-refractivity contribution is 6.03. The summed E-state index contributed by atoms with van der Waals surface area (Å²) in [7, 11) is 0. The van der Waals surface area contributed by atoms with Crippen LogP contribution in [0.2, 0.25) is 0 Å². The summed E-state index contributed by atoms with van der Waals surface area (Å²) in [4.78, 5) is 37.9. The summed E-state index contributed by atoms with van der Waals surface area (Å²) in [5, 5.41) is 0.576. The van der Waals surface area contributed by atoms with Crippen LogP contribution in [0, 0.1) is 11.8 Å². The quantitative estimate of drug-likeness (QED) is 0.607. The Morgan fingerprint density at radius 1 is 1.50 bits per heavy atom. The largest absolute Gasteiger partial charge is 0.331 e. The standard InChI is InChI=1S/C9H13NO4/c1-5(2)7-4-8(12)10(9(7)13)14-6(3)11/h5,7H,4H2,1-3H3. The van der Waals surface area contributed by atoms with E-state index in [1.807, 2.05) is 13.8 Å². The van der Waals surface area contributed by atoms with E-state index in [0.29, 0.717) is 5.06 Å². The fraction of sp³-hybridized carbons (Fsp3) is 0.667. The lowest BCUT2D eigenvalue weighted by Crippen LogP contribution is -2.33. The fourth-order valence-electron chi connectivity index (χ4n) is 1.38. The van der Waals surface area contributed by atoms with Gasteiger partial charge in [-0.3, -0.25) is 9.59 Å². The molecule has 0 aromatic heterocycles. The molecule has 2 amide bonds. The first-order valence-electron chi connectivity index (χ1n) is 4.48. The molecule has 1 aliphatic rings. The Balaban J connectivity index is 2.75. The van der Waals surface area contributed by atoms with Crippen molar-refractivity contribution in [3.8, 4) is 0 Å². The number of imide groups is 1. The van der Waals surface area contributed by atoms with E-state index in [0.717, 1.165) is 6.92 Å². The lowest BCUT2D eigenvalue weighted by molar-refractivity contribution is -0.196. The second kappa shape index (κ2) is 3.77. The summed E-state index contributed by atoms with van der Waals surface area (Å²) in [6, 6.07) is 0. The summed E-state index contributed by atoms with van der Waals surface area (Å²) in [6.45, 7) is 4.86. The number of nitrogens with zero attached hydrogens (tertiary/aromatic N) is 1. The van der Waals surface area contributed by atoms with Crippen molar-refractivity contribution in [1.29, 1.82) is 0 Å². The van der Waals surface area contributed by atoms with Crippen molar-refractivity contribution in [2.24, 2.45) is 11.8 Å². The second-order valence-corrected chi connectivity index (χ2v) is 3.66. The molecule has 14 heavy (non-hydrogen) atoms. The molecule has 0 aliphatic carbocycles. The number of hydrogen-bond acceptors (Lipinski definition) is 4. The number of hydroxylamine groups is 2. The molecule has 0 radical (unpaired) electrons. The Hall–Kier alpha value is -1.39. The Kier molecular flexibility index (Phi) is 2.88. The fourth-order valence-corrected chi connectivity index (χ4v) is 1.38. The highest BCUT2D eigenvalue weighted by Gasteiger charge is 2.42. The zero-order chi connectivity index (χ0) is 10.9. The summed E-state index contributed by atoms with van der Waals surface area (Å²) in [5.74, 6) is -1.80. The monoisotopic (exact) mass is 199 g/mol. The second-order valence-electron chi connectivity index (χ2n) is 3.66. The molecule has 1 atom stereocenters. The number of hydrogen-bond donors (Lipinski definition) is 0. The lowest BCUT2D eigenvalue weighted by Gasteiger charge is -2.13. The van der Waals surface area contributed by atoms with E-state index >= 15 is 0 Å². The van der Waals surface area contributed by atoms with Crippen molar-refractivity contribution >= 4 is 17.8 Å². The van der Waals surface area contributed by atoms with Crippen LogP contribution in [0.3, 0.4) is 0 Å². The minimum atomic E-state index is -0.656. The first-order valence-corrected chi connectivity index (χ1v) is 4.48. The average Bonchev–Trinajstić information content (AvgIpc) is 2.31. The SMILES string of the molecule is CC(=O)ON1C(=O)CC(C(C)C)C1=O. The topological polar surface area (TPSA) is 63.7 Å². The highest BCUT2D eigenvalue weighted by atomic mass is 16.7. The molecule has 1 fully saturated rings. The first-order chi connectivity index (χ1) is 6.43. The zero-order valence-electron chi connectivity index (χ0n) is 8.44. The van der Waals surface area contributed by atoms with E-state index in [2.05, 4.69) is 4.84 Å². The van der Waals surface area contributed by atoms with Gasteiger partial charge in [-0.15, -0.1) is 5.06 Å². The average molecular weight is 199 g/mol. The third-order valence-corrected chi connectivity index (χ3v) is 2.16. The Morgan fingerprint density at radius 3 is 2.43 bits per heavy atom. The third-order valence-electron chi connectivity index (χ3n) is 2.16. The highest BCUT2D eigenvalue weighted by Crippen LogP contribution is 2.26. The van der Waals surface area contributed by atoms with Crippen LogP contribution in [0.1, 0.15) is 27.2 Å². The normalized spacial score (nSPS) is 22.0. The zero-order valence-corrected chi connectivity index (χ0v) is 8.44. The van der Waals surface area contributed by atoms with Gasteiger partial charge in [-0.2, -0.15) is 0 Å². The molecule has 1 unspecified atom stereocenters. The molecule has 0 aromatic carbocycles. The van der Waals surface area contributed by atoms with Crippen molar-refractivity contribution in [2.75, 3.05) is 0 Å². The minimum Gasteiger partial charge on any atom is -0.331 e. The van der Waals surface area contributed by atoms with Gasteiger partial charge in [0.15, 0.2) is 0 Å². The van der Waals surface area contributed by atoms with Gasteiger partial charge in [0, 0.05) is 13.3 Å². The van der Waals surface area contributed by atoms with Crippen LogP contribution in [0.5, 0.6) is 0 Å². The van der Waals surface area contributed by atoms with Gasteiger partial charge in [0.1, 0.15) is 0 Å². The van der Waals surface area contributed by atoms with Gasteiger partial charge in [-0.25, -0.2) is 4.79 Å². The van der Waals surface area contributed by atoms with Crippen LogP contribution in [0.4, 0.5) is 0 Å². The van der Waals surface area contributed by atoms with Gasteiger partial charge in [-0.1, -0.05) is 13.8 Å². The molecule has 5 nitrogen and oxygen atoms in total. The smallest absolute Gasteiger partial charge is 0.330 e. The van der Waals surface area contributed by atoms with E-state index in [1.54, 1.807) is 0 Å². The van der Waals surface area contributed by atoms with Crippen LogP contribution < -0.4 is 0 Å². The molecule has 0 bridgehead atoms. The summed E-state index contributed by atoms with van der Waals surface area (Å²) in [5.41, 5.74) is 0. The van der Waals surface area contributed by atoms with Gasteiger partial charge in [0.25, 0.3) is 11.8 Å². The van der Waals surface area contributed by atoms with Crippen molar-refractivity contribution in [1.82, 2.24) is 5.06 Å². The van der Waals surface area contributed by atoms with Crippen molar-refractivity contribution in [3.05, 3.63) is 0 Å². The molecule has 1 saturated heterocycles. The molecular weight excluding hydrogens is 186 g/mol. The predicted molar refractivity (Wildman–Crippen MR) is 46.6 cm³/mol. The van der Waals surface area contributed by atoms with E-state index in [9.17, 15) is 14.4 Å². The molecule has 0 N–H and O–H groups in total. The molecule has 1 rings (SSSR count). The van der Waals surface area contributed by atoms with Crippen molar-refractivity contribution in [2.45, 2.75) is 27.2 Å². The maximum Gasteiger partial charge on any atom is 0.330 e. The van der Waals surface area contributed by atoms with Crippen LogP contribution >= 0.6 is 0 Å². The lowest BCUT2D eigenvalue weighted by atomic mass is 9.95. The Labute approximate surface area is 82.0 Å². The molecular formula is C9H13NO4. The predicted octanol–water partition coefficient (Wildman–Crippen LogP) is 0.496. The number of carbonyl (C=O) groups is 3. The van der Waals surface area contributed by atoms with E-state index < -0.39 is 17.8 Å². The van der Waals surface area contributed by atoms with Gasteiger partial charge in [-0.05, 0) is 5.92 Å². The summed E-state index contributed by atoms with van der Waals surface area (Å²) >= 11 is 0. The van der Waals surface area contributed by atoms with Crippen molar-refractivity contribution in [3.63, 3.8) is 0 Å². The molecule has 5 heteroatoms. The Morgan fingerprint density at radius 2 is 2.07 bits per heavy atom. The maximum atomic E-state index is 11.5. The molecule has 0 spiro atoms. The minimum absolute atomic E-state index is 0.0759. The number of amides is 2. The summed E-state index contributed by atoms with van der Waals surface area (Å²) < 4.78 is 0. The van der Waals surface area contributed by atoms with Crippen molar-refractivity contribution < 1.29 is 19.2 Å². The molecule has 0 aromatic rings. The van der Waals surface area contributed by atoms with Crippen LogP contribution in [0.15, 0.2) is 0 Å². The van der Waals surface area contributed by atoms with Gasteiger partial charge in [0.05, 0.1) is 5.92 Å². The third kappa shape index (κ3) is 1.92. The van der Waals surface area contributed by atoms with Crippen LogP contribution in [0.25, 0.3) is 0 Å². The molecule has 1 aliphatic heterocycles. The molecule has 0 saturated carbocycles. The number of rotatable bonds is 2. The van der Waals surface area contributed by atoms with E-state index in [1.165, 1.54) is 0 Å². The van der Waals surface area contributed by atoms with Gasteiger partial charge < -0.3 is 4.84 Å². The van der Waals surface area contributed by atoms with E-state index in [4.69, 9.17) is 0 Å². The van der Waals surface area contributed by atoms with Crippen LogP contribution in [-0.4, -0.2) is 22.8 Å². The van der Waals surface area contributed by atoms with E-state index in [-0.39, 0.29) is 18.3 Å². The summed E-state index contributed by atoms with van der Waals surface area (Å²) in [6.07, 6.45) is 0.129. The van der Waals surface area contributed by atoms with Crippen LogP contribution in [-0.2, 0) is 19.2 Å². The Bertz CT molecular complexity index is 285.